The number of hydrogen-bond acceptors (Lipinski definition) is 3. The van der Waals surface area contributed by atoms with E-state index in [1.807, 2.05) is 13.8 Å². The zero-order valence-electron chi connectivity index (χ0n) is 12.0. The topological polar surface area (TPSA) is 50.9 Å². The molecule has 2 rings (SSSR count). The first-order valence-corrected chi connectivity index (χ1v) is 6.73. The van der Waals surface area contributed by atoms with Crippen molar-refractivity contribution >= 4 is 0 Å². The lowest BCUT2D eigenvalue weighted by atomic mass is 9.92. The van der Waals surface area contributed by atoms with Crippen LogP contribution in [-0.2, 0) is 12.8 Å². The molecule has 0 saturated carbocycles. The summed E-state index contributed by atoms with van der Waals surface area (Å²) in [6, 6.07) is 6.68. The van der Waals surface area contributed by atoms with Gasteiger partial charge in [0.15, 0.2) is 0 Å². The molecule has 108 valence electrons. The van der Waals surface area contributed by atoms with E-state index < -0.39 is 5.60 Å². The highest BCUT2D eigenvalue weighted by atomic mass is 19.1. The molecule has 5 heteroatoms. The maximum absolute atomic E-state index is 13.7. The van der Waals surface area contributed by atoms with Crippen molar-refractivity contribution in [3.63, 3.8) is 0 Å². The van der Waals surface area contributed by atoms with Gasteiger partial charge in [0.1, 0.15) is 18.0 Å². The van der Waals surface area contributed by atoms with Crippen molar-refractivity contribution in [3.8, 4) is 0 Å². The summed E-state index contributed by atoms with van der Waals surface area (Å²) in [5.74, 6) is 0.416. The van der Waals surface area contributed by atoms with Crippen molar-refractivity contribution in [2.75, 3.05) is 0 Å². The van der Waals surface area contributed by atoms with Gasteiger partial charge >= 0.3 is 0 Å². The van der Waals surface area contributed by atoms with Gasteiger partial charge in [0, 0.05) is 18.9 Å². The Morgan fingerprint density at radius 3 is 2.65 bits per heavy atom. The van der Waals surface area contributed by atoms with Crippen LogP contribution in [0.15, 0.2) is 30.6 Å². The van der Waals surface area contributed by atoms with E-state index in [1.165, 1.54) is 12.4 Å². The maximum Gasteiger partial charge on any atom is 0.138 e. The SMILES string of the molecule is CC(C)n1ncnc1CC(C)(O)Cc1ccccc1F. The van der Waals surface area contributed by atoms with Crippen LogP contribution in [0.3, 0.4) is 0 Å². The molecule has 1 N–H and O–H groups in total. The summed E-state index contributed by atoms with van der Waals surface area (Å²) in [5.41, 5.74) is -0.560. The Balaban J connectivity index is 2.15. The smallest absolute Gasteiger partial charge is 0.138 e. The Bertz CT molecular complexity index is 578. The Morgan fingerprint density at radius 1 is 1.30 bits per heavy atom. The first kappa shape index (κ1) is 14.7. The second-order valence-electron chi connectivity index (χ2n) is 5.66. The lowest BCUT2D eigenvalue weighted by molar-refractivity contribution is 0.0564. The van der Waals surface area contributed by atoms with Gasteiger partial charge in [0.2, 0.25) is 0 Å². The summed E-state index contributed by atoms with van der Waals surface area (Å²) in [6.07, 6.45) is 2.05. The molecule has 1 heterocycles. The van der Waals surface area contributed by atoms with E-state index in [1.54, 1.807) is 29.8 Å². The normalized spacial score (nSPS) is 14.5. The van der Waals surface area contributed by atoms with E-state index >= 15 is 0 Å². The summed E-state index contributed by atoms with van der Waals surface area (Å²) in [6.45, 7) is 5.70. The minimum Gasteiger partial charge on any atom is -0.389 e. The number of halogens is 1. The second-order valence-corrected chi connectivity index (χ2v) is 5.66. The highest BCUT2D eigenvalue weighted by Gasteiger charge is 2.26. The maximum atomic E-state index is 13.7. The molecule has 0 spiro atoms. The standard InChI is InChI=1S/C15H20FN3O/c1-11(2)19-14(17-10-18-19)9-15(3,20)8-12-6-4-5-7-13(12)16/h4-7,10-11,20H,8-9H2,1-3H3. The lowest BCUT2D eigenvalue weighted by Gasteiger charge is -2.24. The van der Waals surface area contributed by atoms with E-state index in [2.05, 4.69) is 10.1 Å². The van der Waals surface area contributed by atoms with Crippen molar-refractivity contribution in [3.05, 3.63) is 47.8 Å². The van der Waals surface area contributed by atoms with E-state index in [0.717, 1.165) is 0 Å². The van der Waals surface area contributed by atoms with Gasteiger partial charge in [-0.15, -0.1) is 0 Å². The van der Waals surface area contributed by atoms with Gasteiger partial charge in [0.25, 0.3) is 0 Å². The molecule has 4 nitrogen and oxygen atoms in total. The number of rotatable bonds is 5. The first-order valence-electron chi connectivity index (χ1n) is 6.73. The van der Waals surface area contributed by atoms with Gasteiger partial charge in [-0.05, 0) is 32.4 Å². The fourth-order valence-corrected chi connectivity index (χ4v) is 2.29. The molecule has 0 aliphatic carbocycles. The van der Waals surface area contributed by atoms with Gasteiger partial charge in [0.05, 0.1) is 5.60 Å². The summed E-state index contributed by atoms with van der Waals surface area (Å²) < 4.78 is 15.4. The molecule has 0 amide bonds. The van der Waals surface area contributed by atoms with Crippen molar-refractivity contribution in [1.29, 1.82) is 0 Å². The molecule has 0 aliphatic heterocycles. The first-order chi connectivity index (χ1) is 9.39. The Labute approximate surface area is 118 Å². The monoisotopic (exact) mass is 277 g/mol. The molecule has 0 aliphatic rings. The van der Waals surface area contributed by atoms with Crippen LogP contribution in [-0.4, -0.2) is 25.5 Å². The van der Waals surface area contributed by atoms with Gasteiger partial charge in [-0.3, -0.25) is 0 Å². The van der Waals surface area contributed by atoms with Crippen molar-refractivity contribution in [1.82, 2.24) is 14.8 Å². The van der Waals surface area contributed by atoms with Crippen LogP contribution in [0, 0.1) is 5.82 Å². The average molecular weight is 277 g/mol. The molecular formula is C15H20FN3O. The minimum absolute atomic E-state index is 0.178. The van der Waals surface area contributed by atoms with Crippen molar-refractivity contribution in [2.24, 2.45) is 0 Å². The Hall–Kier alpha value is -1.75. The third-order valence-corrected chi connectivity index (χ3v) is 3.20. The van der Waals surface area contributed by atoms with Crippen LogP contribution >= 0.6 is 0 Å². The van der Waals surface area contributed by atoms with Crippen LogP contribution in [0.4, 0.5) is 4.39 Å². The van der Waals surface area contributed by atoms with Crippen LogP contribution in [0.25, 0.3) is 0 Å². The van der Waals surface area contributed by atoms with E-state index in [9.17, 15) is 9.50 Å². The molecule has 0 radical (unpaired) electrons. The predicted molar refractivity (Wildman–Crippen MR) is 74.8 cm³/mol. The average Bonchev–Trinajstić information content (AvgIpc) is 2.79. The lowest BCUT2D eigenvalue weighted by Crippen LogP contribution is -2.32. The molecule has 2 aromatic rings. The van der Waals surface area contributed by atoms with E-state index in [0.29, 0.717) is 17.8 Å². The molecule has 0 saturated heterocycles. The third kappa shape index (κ3) is 3.42. The van der Waals surface area contributed by atoms with Gasteiger partial charge in [-0.25, -0.2) is 14.1 Å². The zero-order chi connectivity index (χ0) is 14.8. The highest BCUT2D eigenvalue weighted by molar-refractivity contribution is 5.19. The number of benzene rings is 1. The molecule has 0 bridgehead atoms. The van der Waals surface area contributed by atoms with Gasteiger partial charge in [-0.1, -0.05) is 18.2 Å². The summed E-state index contributed by atoms with van der Waals surface area (Å²) in [4.78, 5) is 4.18. The molecule has 1 aromatic carbocycles. The van der Waals surface area contributed by atoms with Crippen LogP contribution in [0.2, 0.25) is 0 Å². The second kappa shape index (κ2) is 5.71. The van der Waals surface area contributed by atoms with Crippen LogP contribution in [0.5, 0.6) is 0 Å². The molecule has 0 fully saturated rings. The Morgan fingerprint density at radius 2 is 2.00 bits per heavy atom. The predicted octanol–water partition coefficient (Wildman–Crippen LogP) is 2.53. The Kier molecular flexibility index (Phi) is 4.18. The van der Waals surface area contributed by atoms with Crippen molar-refractivity contribution < 1.29 is 9.50 Å². The molecule has 1 aromatic heterocycles. The van der Waals surface area contributed by atoms with Crippen LogP contribution < -0.4 is 0 Å². The fraction of sp³-hybridized carbons (Fsp3) is 0.467. The van der Waals surface area contributed by atoms with E-state index in [-0.39, 0.29) is 18.3 Å². The fourth-order valence-electron chi connectivity index (χ4n) is 2.29. The molecule has 20 heavy (non-hydrogen) atoms. The number of aromatic nitrogens is 3. The minimum atomic E-state index is -1.07. The zero-order valence-corrected chi connectivity index (χ0v) is 12.0. The number of hydrogen-bond donors (Lipinski definition) is 1. The van der Waals surface area contributed by atoms with Gasteiger partial charge < -0.3 is 5.11 Å². The third-order valence-electron chi connectivity index (χ3n) is 3.20. The molecule has 1 atom stereocenters. The van der Waals surface area contributed by atoms with E-state index in [4.69, 9.17) is 0 Å². The van der Waals surface area contributed by atoms with Gasteiger partial charge in [-0.2, -0.15) is 5.10 Å². The summed E-state index contributed by atoms with van der Waals surface area (Å²) in [7, 11) is 0. The molecular weight excluding hydrogens is 257 g/mol. The van der Waals surface area contributed by atoms with Crippen LogP contribution in [0.1, 0.15) is 38.2 Å². The quantitative estimate of drug-likeness (QED) is 0.913. The summed E-state index contributed by atoms with van der Waals surface area (Å²) >= 11 is 0. The largest absolute Gasteiger partial charge is 0.389 e. The highest BCUT2D eigenvalue weighted by Crippen LogP contribution is 2.20. The molecule has 1 unspecified atom stereocenters. The number of aliphatic hydroxyl groups is 1. The summed E-state index contributed by atoms with van der Waals surface area (Å²) in [5, 5.41) is 14.7. The van der Waals surface area contributed by atoms with Crippen molar-refractivity contribution in [2.45, 2.75) is 45.3 Å². The number of nitrogens with zero attached hydrogens (tertiary/aromatic N) is 3.